The van der Waals surface area contributed by atoms with Gasteiger partial charge in [0.2, 0.25) is 0 Å². The van der Waals surface area contributed by atoms with E-state index in [0.717, 1.165) is 5.56 Å². The van der Waals surface area contributed by atoms with Gasteiger partial charge in [-0.25, -0.2) is 4.79 Å². The van der Waals surface area contributed by atoms with Gasteiger partial charge in [0.05, 0.1) is 6.26 Å². The second kappa shape index (κ2) is 4.90. The highest BCUT2D eigenvalue weighted by molar-refractivity contribution is 7.98. The molecule has 0 spiro atoms. The summed E-state index contributed by atoms with van der Waals surface area (Å²) < 4.78 is 4.69. The van der Waals surface area contributed by atoms with Crippen LogP contribution in [0.2, 0.25) is 0 Å². The smallest absolute Gasteiger partial charge is 0.353 e. The average Bonchev–Trinajstić information content (AvgIpc) is 2.30. The molecule has 0 atom stereocenters. The largest absolute Gasteiger partial charge is 0.506 e. The lowest BCUT2D eigenvalue weighted by atomic mass is 10.2. The van der Waals surface area contributed by atoms with E-state index in [1.807, 2.05) is 30.3 Å². The summed E-state index contributed by atoms with van der Waals surface area (Å²) in [5.41, 5.74) is 0.594. The lowest BCUT2D eigenvalue weighted by molar-refractivity contribution is 0.424. The van der Waals surface area contributed by atoms with E-state index in [1.165, 1.54) is 24.1 Å². The van der Waals surface area contributed by atoms with Gasteiger partial charge in [-0.15, -0.1) is 11.8 Å². The fourth-order valence-electron chi connectivity index (χ4n) is 1.26. The Hall–Kier alpha value is -1.68. The molecule has 1 N–H and O–H groups in total. The van der Waals surface area contributed by atoms with Gasteiger partial charge >= 0.3 is 5.63 Å². The minimum absolute atomic E-state index is 0.0304. The fraction of sp³-hybridized carbons (Fsp3) is 0.0833. The highest BCUT2D eigenvalue weighted by Gasteiger charge is 2.08. The summed E-state index contributed by atoms with van der Waals surface area (Å²) in [6.07, 6.45) is 1.18. The van der Waals surface area contributed by atoms with E-state index in [1.54, 1.807) is 0 Å². The molecule has 1 aromatic heterocycles. The minimum atomic E-state index is -0.499. The number of aromatic hydroxyl groups is 1. The molecule has 2 aromatic rings. The molecule has 0 bridgehead atoms. The molecule has 0 fully saturated rings. The first-order chi connectivity index (χ1) is 7.77. The summed E-state index contributed by atoms with van der Waals surface area (Å²) in [6, 6.07) is 11.1. The topological polar surface area (TPSA) is 50.4 Å². The van der Waals surface area contributed by atoms with Gasteiger partial charge in [-0.1, -0.05) is 30.3 Å². The van der Waals surface area contributed by atoms with Crippen LogP contribution < -0.4 is 5.63 Å². The Morgan fingerprint density at radius 2 is 1.94 bits per heavy atom. The third-order valence-corrected chi connectivity index (χ3v) is 3.19. The van der Waals surface area contributed by atoms with E-state index in [-0.39, 0.29) is 10.6 Å². The molecule has 1 aromatic carbocycles. The van der Waals surface area contributed by atoms with E-state index >= 15 is 0 Å². The van der Waals surface area contributed by atoms with E-state index in [4.69, 9.17) is 4.42 Å². The van der Waals surface area contributed by atoms with Crippen LogP contribution in [0.5, 0.6) is 5.75 Å². The second-order valence-corrected chi connectivity index (χ2v) is 4.18. The van der Waals surface area contributed by atoms with E-state index in [2.05, 4.69) is 0 Å². The predicted molar refractivity (Wildman–Crippen MR) is 62.6 cm³/mol. The molecule has 0 radical (unpaired) electrons. The Kier molecular flexibility index (Phi) is 3.31. The Morgan fingerprint density at radius 3 is 2.62 bits per heavy atom. The SMILES string of the molecule is O=c1occc(O)c1SCc1ccccc1. The van der Waals surface area contributed by atoms with Gasteiger partial charge in [0.1, 0.15) is 10.6 Å². The molecular formula is C12H10O3S. The van der Waals surface area contributed by atoms with Gasteiger partial charge < -0.3 is 9.52 Å². The van der Waals surface area contributed by atoms with Crippen molar-refractivity contribution >= 4 is 11.8 Å². The third kappa shape index (κ3) is 2.46. The Morgan fingerprint density at radius 1 is 1.19 bits per heavy atom. The third-order valence-electron chi connectivity index (χ3n) is 2.05. The van der Waals surface area contributed by atoms with Crippen LogP contribution in [0, 0.1) is 0 Å². The molecular weight excluding hydrogens is 224 g/mol. The van der Waals surface area contributed by atoms with Crippen molar-refractivity contribution < 1.29 is 9.52 Å². The summed E-state index contributed by atoms with van der Waals surface area (Å²) in [5.74, 6) is 0.598. The van der Waals surface area contributed by atoms with Gasteiger partial charge in [-0.2, -0.15) is 0 Å². The van der Waals surface area contributed by atoms with Crippen LogP contribution in [0.15, 0.2) is 56.8 Å². The monoisotopic (exact) mass is 234 g/mol. The number of rotatable bonds is 3. The highest BCUT2D eigenvalue weighted by atomic mass is 32.2. The minimum Gasteiger partial charge on any atom is -0.506 e. The van der Waals surface area contributed by atoms with Crippen LogP contribution in [-0.2, 0) is 5.75 Å². The molecule has 16 heavy (non-hydrogen) atoms. The average molecular weight is 234 g/mol. The summed E-state index contributed by atoms with van der Waals surface area (Å²) in [5, 5.41) is 9.49. The number of benzene rings is 1. The van der Waals surface area contributed by atoms with Crippen LogP contribution in [0.4, 0.5) is 0 Å². The first kappa shape index (κ1) is 10.8. The van der Waals surface area contributed by atoms with Crippen molar-refractivity contribution in [3.63, 3.8) is 0 Å². The maximum atomic E-state index is 11.3. The van der Waals surface area contributed by atoms with E-state index < -0.39 is 5.63 Å². The second-order valence-electron chi connectivity index (χ2n) is 3.20. The number of hydrogen-bond acceptors (Lipinski definition) is 4. The number of thioether (sulfide) groups is 1. The molecule has 0 aliphatic rings. The highest BCUT2D eigenvalue weighted by Crippen LogP contribution is 2.26. The van der Waals surface area contributed by atoms with Crippen LogP contribution in [0.1, 0.15) is 5.56 Å². The molecule has 0 saturated heterocycles. The molecule has 4 heteroatoms. The molecule has 1 heterocycles. The Bertz CT molecular complexity index is 519. The summed E-state index contributed by atoms with van der Waals surface area (Å²) in [7, 11) is 0. The molecule has 0 aliphatic heterocycles. The van der Waals surface area contributed by atoms with Gasteiger partial charge in [0.25, 0.3) is 0 Å². The fourth-order valence-corrected chi connectivity index (χ4v) is 2.14. The first-order valence-corrected chi connectivity index (χ1v) is 5.73. The zero-order valence-electron chi connectivity index (χ0n) is 8.42. The van der Waals surface area contributed by atoms with Crippen molar-refractivity contribution in [3.05, 3.63) is 58.6 Å². The van der Waals surface area contributed by atoms with Gasteiger partial charge in [0, 0.05) is 11.8 Å². The van der Waals surface area contributed by atoms with Crippen molar-refractivity contribution in [1.82, 2.24) is 0 Å². The molecule has 2 rings (SSSR count). The Balaban J connectivity index is 2.14. The lowest BCUT2D eigenvalue weighted by Gasteiger charge is -2.01. The first-order valence-electron chi connectivity index (χ1n) is 4.75. The van der Waals surface area contributed by atoms with Crippen LogP contribution in [0.3, 0.4) is 0 Å². The summed E-state index contributed by atoms with van der Waals surface area (Å²) >= 11 is 1.27. The maximum Gasteiger partial charge on any atom is 0.353 e. The molecule has 82 valence electrons. The normalized spacial score (nSPS) is 10.2. The van der Waals surface area contributed by atoms with Crippen molar-refractivity contribution in [2.45, 2.75) is 10.6 Å². The van der Waals surface area contributed by atoms with Crippen LogP contribution in [-0.4, -0.2) is 5.11 Å². The van der Waals surface area contributed by atoms with E-state index in [0.29, 0.717) is 5.75 Å². The van der Waals surface area contributed by atoms with Crippen molar-refractivity contribution in [1.29, 1.82) is 0 Å². The van der Waals surface area contributed by atoms with Gasteiger partial charge in [-0.3, -0.25) is 0 Å². The summed E-state index contributed by atoms with van der Waals surface area (Å²) in [6.45, 7) is 0. The number of hydrogen-bond donors (Lipinski definition) is 1. The predicted octanol–water partition coefficient (Wildman–Crippen LogP) is 2.64. The van der Waals surface area contributed by atoms with Crippen molar-refractivity contribution in [3.8, 4) is 5.75 Å². The quantitative estimate of drug-likeness (QED) is 0.829. The zero-order valence-corrected chi connectivity index (χ0v) is 9.24. The molecule has 0 amide bonds. The zero-order chi connectivity index (χ0) is 11.4. The summed E-state index contributed by atoms with van der Waals surface area (Å²) in [4.78, 5) is 11.6. The van der Waals surface area contributed by atoms with Gasteiger partial charge in [-0.05, 0) is 5.56 Å². The molecule has 0 unspecified atom stereocenters. The maximum absolute atomic E-state index is 11.3. The van der Waals surface area contributed by atoms with Crippen molar-refractivity contribution in [2.24, 2.45) is 0 Å². The van der Waals surface area contributed by atoms with Gasteiger partial charge in [0.15, 0.2) is 0 Å². The van der Waals surface area contributed by atoms with E-state index in [9.17, 15) is 9.90 Å². The lowest BCUT2D eigenvalue weighted by Crippen LogP contribution is -2.00. The molecule has 3 nitrogen and oxygen atoms in total. The standard InChI is InChI=1S/C12H10O3S/c13-10-6-7-15-12(14)11(10)16-8-9-4-2-1-3-5-9/h1-7,13H,8H2. The molecule has 0 aliphatic carbocycles. The van der Waals surface area contributed by atoms with Crippen molar-refractivity contribution in [2.75, 3.05) is 0 Å². The van der Waals surface area contributed by atoms with Crippen LogP contribution >= 0.6 is 11.8 Å². The van der Waals surface area contributed by atoms with Crippen LogP contribution in [0.25, 0.3) is 0 Å². The Labute approximate surface area is 96.7 Å². The molecule has 0 saturated carbocycles.